The number of hydrogen-bond donors (Lipinski definition) is 2. The highest BCUT2D eigenvalue weighted by Gasteiger charge is 2.24. The first-order chi connectivity index (χ1) is 14.0. The molecule has 2 fully saturated rings. The molecule has 156 valence electrons. The SMILES string of the molecule is O=S(=O)(Nc1cccc(N2CCC(NC3CCOC3)CC2)c1)c1ccc(F)cc1. The Hall–Kier alpha value is -2.16. The van der Waals surface area contributed by atoms with Crippen molar-refractivity contribution >= 4 is 21.4 Å². The van der Waals surface area contributed by atoms with Gasteiger partial charge >= 0.3 is 0 Å². The Kier molecular flexibility index (Phi) is 6.03. The smallest absolute Gasteiger partial charge is 0.261 e. The van der Waals surface area contributed by atoms with Crippen LogP contribution in [-0.2, 0) is 14.8 Å². The second-order valence-electron chi connectivity index (χ2n) is 7.60. The summed E-state index contributed by atoms with van der Waals surface area (Å²) >= 11 is 0. The Bertz CT molecular complexity index is 922. The normalized spacial score (nSPS) is 20.7. The van der Waals surface area contributed by atoms with E-state index in [1.54, 1.807) is 6.07 Å². The predicted octanol–water partition coefficient (Wildman–Crippen LogP) is 2.97. The number of rotatable bonds is 6. The minimum atomic E-state index is -3.76. The van der Waals surface area contributed by atoms with Crippen molar-refractivity contribution in [2.45, 2.75) is 36.2 Å². The van der Waals surface area contributed by atoms with Crippen LogP contribution in [0, 0.1) is 5.82 Å². The highest BCUT2D eigenvalue weighted by atomic mass is 32.2. The lowest BCUT2D eigenvalue weighted by Crippen LogP contribution is -2.46. The van der Waals surface area contributed by atoms with Gasteiger partial charge in [0.2, 0.25) is 0 Å². The van der Waals surface area contributed by atoms with Gasteiger partial charge in [0.05, 0.1) is 17.2 Å². The molecule has 2 saturated heterocycles. The number of benzene rings is 2. The minimum absolute atomic E-state index is 0.0343. The molecule has 0 radical (unpaired) electrons. The Morgan fingerprint density at radius 2 is 1.76 bits per heavy atom. The zero-order chi connectivity index (χ0) is 20.3. The largest absolute Gasteiger partial charge is 0.380 e. The van der Waals surface area contributed by atoms with Crippen molar-refractivity contribution in [3.05, 3.63) is 54.3 Å². The minimum Gasteiger partial charge on any atom is -0.380 e. The molecule has 8 heteroatoms. The van der Waals surface area contributed by atoms with Gasteiger partial charge in [-0.1, -0.05) is 6.07 Å². The highest BCUT2D eigenvalue weighted by Crippen LogP contribution is 2.25. The van der Waals surface area contributed by atoms with E-state index in [0.717, 1.165) is 63.4 Å². The summed E-state index contributed by atoms with van der Waals surface area (Å²) in [6.07, 6.45) is 3.17. The molecule has 0 spiro atoms. The van der Waals surface area contributed by atoms with E-state index in [1.807, 2.05) is 18.2 Å². The maximum absolute atomic E-state index is 13.1. The second kappa shape index (κ2) is 8.69. The van der Waals surface area contributed by atoms with Crippen molar-refractivity contribution in [2.75, 3.05) is 35.9 Å². The van der Waals surface area contributed by atoms with E-state index < -0.39 is 15.8 Å². The fourth-order valence-corrected chi connectivity index (χ4v) is 4.95. The molecular weight excluding hydrogens is 393 g/mol. The van der Waals surface area contributed by atoms with Crippen molar-refractivity contribution in [1.29, 1.82) is 0 Å². The number of halogens is 1. The molecule has 0 saturated carbocycles. The summed E-state index contributed by atoms with van der Waals surface area (Å²) < 4.78 is 46.2. The van der Waals surface area contributed by atoms with Gasteiger partial charge in [0, 0.05) is 37.5 Å². The van der Waals surface area contributed by atoms with Gasteiger partial charge in [-0.25, -0.2) is 12.8 Å². The van der Waals surface area contributed by atoms with E-state index in [9.17, 15) is 12.8 Å². The maximum Gasteiger partial charge on any atom is 0.261 e. The summed E-state index contributed by atoms with van der Waals surface area (Å²) in [5.74, 6) is -0.468. The third-order valence-corrected chi connectivity index (χ3v) is 6.88. The maximum atomic E-state index is 13.1. The summed E-state index contributed by atoms with van der Waals surface area (Å²) in [6, 6.07) is 13.2. The first kappa shape index (κ1) is 20.1. The quantitative estimate of drug-likeness (QED) is 0.753. The van der Waals surface area contributed by atoms with Crippen LogP contribution in [0.25, 0.3) is 0 Å². The first-order valence-corrected chi connectivity index (χ1v) is 11.5. The van der Waals surface area contributed by atoms with Crippen molar-refractivity contribution in [3.8, 4) is 0 Å². The summed E-state index contributed by atoms with van der Waals surface area (Å²) in [5.41, 5.74) is 1.49. The van der Waals surface area contributed by atoms with Crippen LogP contribution in [0.15, 0.2) is 53.4 Å². The van der Waals surface area contributed by atoms with Crippen molar-refractivity contribution < 1.29 is 17.5 Å². The van der Waals surface area contributed by atoms with E-state index >= 15 is 0 Å². The van der Waals surface area contributed by atoms with Gasteiger partial charge in [0.1, 0.15) is 5.82 Å². The molecule has 2 aromatic rings. The third-order valence-electron chi connectivity index (χ3n) is 5.48. The standard InChI is InChI=1S/C21H26FN3O3S/c22-16-4-6-21(7-5-16)29(26,27)24-18-2-1-3-20(14-18)25-11-8-17(9-12-25)23-19-10-13-28-15-19/h1-7,14,17,19,23-24H,8-13,15H2. The molecular formula is C21H26FN3O3S. The molecule has 29 heavy (non-hydrogen) atoms. The lowest BCUT2D eigenvalue weighted by atomic mass is 10.0. The first-order valence-electron chi connectivity index (χ1n) is 9.97. The van der Waals surface area contributed by atoms with Crippen LogP contribution in [0.1, 0.15) is 19.3 Å². The van der Waals surface area contributed by atoms with Gasteiger partial charge in [-0.3, -0.25) is 4.72 Å². The van der Waals surface area contributed by atoms with Gasteiger partial charge in [-0.05, 0) is 61.7 Å². The van der Waals surface area contributed by atoms with E-state index in [2.05, 4.69) is 14.9 Å². The van der Waals surface area contributed by atoms with Crippen LogP contribution in [0.3, 0.4) is 0 Å². The van der Waals surface area contributed by atoms with E-state index in [4.69, 9.17) is 4.74 Å². The average molecular weight is 420 g/mol. The summed E-state index contributed by atoms with van der Waals surface area (Å²) in [6.45, 7) is 3.48. The molecule has 2 aliphatic rings. The number of sulfonamides is 1. The van der Waals surface area contributed by atoms with Crippen LogP contribution in [0.5, 0.6) is 0 Å². The number of piperidine rings is 1. The van der Waals surface area contributed by atoms with E-state index in [1.165, 1.54) is 12.1 Å². The molecule has 2 aromatic carbocycles. The molecule has 2 aliphatic heterocycles. The number of ether oxygens (including phenoxy) is 1. The van der Waals surface area contributed by atoms with Crippen molar-refractivity contribution in [1.82, 2.24) is 5.32 Å². The Morgan fingerprint density at radius 1 is 1.00 bits per heavy atom. The van der Waals surface area contributed by atoms with Gasteiger partial charge in [-0.2, -0.15) is 0 Å². The lowest BCUT2D eigenvalue weighted by Gasteiger charge is -2.35. The number of hydrogen-bond acceptors (Lipinski definition) is 5. The van der Waals surface area contributed by atoms with Crippen LogP contribution < -0.4 is 14.9 Å². The van der Waals surface area contributed by atoms with Gasteiger partial charge in [0.25, 0.3) is 10.0 Å². The molecule has 0 aromatic heterocycles. The Balaban J connectivity index is 1.38. The van der Waals surface area contributed by atoms with Gasteiger partial charge in [-0.15, -0.1) is 0 Å². The summed E-state index contributed by atoms with van der Waals surface area (Å²) in [5, 5.41) is 3.68. The monoisotopic (exact) mass is 419 g/mol. The molecule has 4 rings (SSSR count). The topological polar surface area (TPSA) is 70.7 Å². The molecule has 2 N–H and O–H groups in total. The van der Waals surface area contributed by atoms with E-state index in [-0.39, 0.29) is 4.90 Å². The third kappa shape index (κ3) is 5.07. The molecule has 0 aliphatic carbocycles. The number of nitrogens with zero attached hydrogens (tertiary/aromatic N) is 1. The predicted molar refractivity (Wildman–Crippen MR) is 111 cm³/mol. The van der Waals surface area contributed by atoms with Gasteiger partial charge < -0.3 is 15.0 Å². The number of nitrogens with one attached hydrogen (secondary N) is 2. The molecule has 0 amide bonds. The fraction of sp³-hybridized carbons (Fsp3) is 0.429. The van der Waals surface area contributed by atoms with Crippen LogP contribution in [-0.4, -0.2) is 46.8 Å². The summed E-state index contributed by atoms with van der Waals surface area (Å²) in [7, 11) is -3.76. The molecule has 6 nitrogen and oxygen atoms in total. The zero-order valence-corrected chi connectivity index (χ0v) is 17.0. The van der Waals surface area contributed by atoms with Crippen LogP contribution in [0.4, 0.5) is 15.8 Å². The van der Waals surface area contributed by atoms with Gasteiger partial charge in [0.15, 0.2) is 0 Å². The molecule has 1 atom stereocenters. The average Bonchev–Trinajstić information content (AvgIpc) is 3.22. The molecule has 2 heterocycles. The van der Waals surface area contributed by atoms with E-state index in [0.29, 0.717) is 17.8 Å². The second-order valence-corrected chi connectivity index (χ2v) is 9.28. The van der Waals surface area contributed by atoms with Crippen molar-refractivity contribution in [2.24, 2.45) is 0 Å². The zero-order valence-electron chi connectivity index (χ0n) is 16.2. The summed E-state index contributed by atoms with van der Waals surface area (Å²) in [4.78, 5) is 2.31. The molecule has 1 unspecified atom stereocenters. The number of anilines is 2. The highest BCUT2D eigenvalue weighted by molar-refractivity contribution is 7.92. The van der Waals surface area contributed by atoms with Crippen molar-refractivity contribution in [3.63, 3.8) is 0 Å². The van der Waals surface area contributed by atoms with Crippen LogP contribution >= 0.6 is 0 Å². The Labute approximate surface area is 171 Å². The molecule has 0 bridgehead atoms. The van der Waals surface area contributed by atoms with Crippen LogP contribution in [0.2, 0.25) is 0 Å². The Morgan fingerprint density at radius 3 is 2.45 bits per heavy atom. The fourth-order valence-electron chi connectivity index (χ4n) is 3.90. The lowest BCUT2D eigenvalue weighted by molar-refractivity contribution is 0.186.